The summed E-state index contributed by atoms with van der Waals surface area (Å²) in [7, 11) is 0. The van der Waals surface area contributed by atoms with E-state index in [9.17, 15) is 0 Å². The summed E-state index contributed by atoms with van der Waals surface area (Å²) in [4.78, 5) is 1.42. The molecule has 0 amide bonds. The van der Waals surface area contributed by atoms with E-state index in [0.717, 1.165) is 12.3 Å². The molecule has 0 aromatic carbocycles. The Labute approximate surface area is 130 Å². The minimum Gasteiger partial charge on any atom is -0.325 e. The predicted molar refractivity (Wildman–Crippen MR) is 88.7 cm³/mol. The second-order valence-corrected chi connectivity index (χ2v) is 9.41. The average Bonchev–Trinajstić information content (AvgIpc) is 2.74. The second-order valence-electron chi connectivity index (χ2n) is 6.86. The van der Waals surface area contributed by atoms with Crippen molar-refractivity contribution >= 4 is 27.3 Å². The summed E-state index contributed by atoms with van der Waals surface area (Å²) in [6.45, 7) is 7.14. The van der Waals surface area contributed by atoms with Crippen LogP contribution in [0.15, 0.2) is 15.9 Å². The zero-order valence-electron chi connectivity index (χ0n) is 12.3. The van der Waals surface area contributed by atoms with E-state index in [1.165, 1.54) is 40.8 Å². The number of thiophene rings is 1. The van der Waals surface area contributed by atoms with Crippen molar-refractivity contribution in [3.8, 4) is 0 Å². The molecule has 0 saturated heterocycles. The lowest BCUT2D eigenvalue weighted by atomic mass is 9.65. The molecule has 0 aliphatic heterocycles. The molecule has 0 bridgehead atoms. The van der Waals surface area contributed by atoms with E-state index in [1.807, 2.05) is 11.3 Å². The third-order valence-corrected chi connectivity index (χ3v) is 6.78. The maximum atomic E-state index is 6.64. The van der Waals surface area contributed by atoms with Crippen LogP contribution in [-0.4, -0.2) is 5.54 Å². The fraction of sp³-hybridized carbons (Fsp3) is 0.750. The van der Waals surface area contributed by atoms with E-state index in [-0.39, 0.29) is 5.54 Å². The van der Waals surface area contributed by atoms with Crippen molar-refractivity contribution in [3.05, 3.63) is 20.8 Å². The molecule has 108 valence electrons. The lowest BCUT2D eigenvalue weighted by molar-refractivity contribution is 0.115. The molecule has 0 spiro atoms. The first kappa shape index (κ1) is 15.5. The minimum absolute atomic E-state index is 0.0324. The lowest BCUT2D eigenvalue weighted by Gasteiger charge is -2.43. The molecular formula is C16H26BrNS. The van der Waals surface area contributed by atoms with Gasteiger partial charge >= 0.3 is 0 Å². The fourth-order valence-corrected chi connectivity index (χ4v) is 4.87. The molecule has 2 rings (SSSR count). The van der Waals surface area contributed by atoms with E-state index >= 15 is 0 Å². The molecule has 1 heterocycles. The Kier molecular flexibility index (Phi) is 4.79. The first-order valence-corrected chi connectivity index (χ1v) is 8.99. The van der Waals surface area contributed by atoms with Crippen LogP contribution >= 0.6 is 27.3 Å². The highest BCUT2D eigenvalue weighted by atomic mass is 79.9. The summed E-state index contributed by atoms with van der Waals surface area (Å²) >= 11 is 5.36. The Morgan fingerprint density at radius 3 is 2.47 bits per heavy atom. The van der Waals surface area contributed by atoms with Crippen LogP contribution in [0.4, 0.5) is 0 Å². The van der Waals surface area contributed by atoms with Crippen molar-refractivity contribution in [2.24, 2.45) is 17.1 Å². The van der Waals surface area contributed by atoms with Gasteiger partial charge in [0.1, 0.15) is 0 Å². The standard InChI is InChI=1S/C16H26BrNS/c1-4-15(2,3)12-7-9-16(18,10-8-12)11-13-5-6-14(17)19-13/h5-6,12H,4,7-11,18H2,1-3H3. The Balaban J connectivity index is 1.94. The van der Waals surface area contributed by atoms with Crippen LogP contribution in [0, 0.1) is 11.3 Å². The number of halogens is 1. The van der Waals surface area contributed by atoms with Gasteiger partial charge < -0.3 is 5.73 Å². The molecule has 1 nitrogen and oxygen atoms in total. The minimum atomic E-state index is 0.0324. The quantitative estimate of drug-likeness (QED) is 0.780. The van der Waals surface area contributed by atoms with E-state index < -0.39 is 0 Å². The normalized spacial score (nSPS) is 28.6. The summed E-state index contributed by atoms with van der Waals surface area (Å²) in [6, 6.07) is 4.35. The smallest absolute Gasteiger partial charge is 0.0701 e. The summed E-state index contributed by atoms with van der Waals surface area (Å²) in [5, 5.41) is 0. The van der Waals surface area contributed by atoms with Gasteiger partial charge in [-0.05, 0) is 71.5 Å². The third kappa shape index (κ3) is 3.83. The van der Waals surface area contributed by atoms with Gasteiger partial charge in [-0.2, -0.15) is 0 Å². The zero-order valence-corrected chi connectivity index (χ0v) is 14.7. The van der Waals surface area contributed by atoms with Gasteiger partial charge in [0.25, 0.3) is 0 Å². The first-order chi connectivity index (χ1) is 8.85. The SMILES string of the molecule is CCC(C)(C)C1CCC(N)(Cc2ccc(Br)s2)CC1. The highest BCUT2D eigenvalue weighted by molar-refractivity contribution is 9.11. The summed E-state index contributed by atoms with van der Waals surface area (Å²) < 4.78 is 1.21. The van der Waals surface area contributed by atoms with E-state index in [1.54, 1.807) is 0 Å². The monoisotopic (exact) mass is 343 g/mol. The van der Waals surface area contributed by atoms with E-state index in [4.69, 9.17) is 5.73 Å². The van der Waals surface area contributed by atoms with Gasteiger partial charge in [0.2, 0.25) is 0 Å². The van der Waals surface area contributed by atoms with Gasteiger partial charge in [0, 0.05) is 10.4 Å². The number of hydrogen-bond acceptors (Lipinski definition) is 2. The summed E-state index contributed by atoms with van der Waals surface area (Å²) in [5.41, 5.74) is 7.15. The summed E-state index contributed by atoms with van der Waals surface area (Å²) in [6.07, 6.45) is 7.26. The first-order valence-electron chi connectivity index (χ1n) is 7.38. The Hall–Kier alpha value is 0.140. The lowest BCUT2D eigenvalue weighted by Crippen LogP contribution is -2.46. The third-order valence-electron chi connectivity index (χ3n) is 5.15. The second kappa shape index (κ2) is 5.87. The molecule has 0 unspecified atom stereocenters. The van der Waals surface area contributed by atoms with E-state index in [2.05, 4.69) is 48.8 Å². The maximum absolute atomic E-state index is 6.64. The number of rotatable bonds is 4. The van der Waals surface area contributed by atoms with Gasteiger partial charge in [0.05, 0.1) is 3.79 Å². The van der Waals surface area contributed by atoms with Gasteiger partial charge in [-0.25, -0.2) is 0 Å². The fourth-order valence-electron chi connectivity index (χ4n) is 3.23. The molecule has 1 aromatic heterocycles. The van der Waals surface area contributed by atoms with Crippen LogP contribution in [0.1, 0.15) is 57.8 Å². The molecule has 1 saturated carbocycles. The van der Waals surface area contributed by atoms with E-state index in [0.29, 0.717) is 5.41 Å². The zero-order chi connectivity index (χ0) is 14.1. The largest absolute Gasteiger partial charge is 0.325 e. The number of nitrogens with two attached hydrogens (primary N) is 1. The maximum Gasteiger partial charge on any atom is 0.0701 e. The van der Waals surface area contributed by atoms with Crippen LogP contribution in [0.3, 0.4) is 0 Å². The van der Waals surface area contributed by atoms with Crippen LogP contribution in [0.5, 0.6) is 0 Å². The molecule has 3 heteroatoms. The molecule has 2 N–H and O–H groups in total. The molecule has 1 aliphatic rings. The van der Waals surface area contributed by atoms with Crippen LogP contribution in [-0.2, 0) is 6.42 Å². The van der Waals surface area contributed by atoms with Crippen molar-refractivity contribution in [2.75, 3.05) is 0 Å². The van der Waals surface area contributed by atoms with Crippen molar-refractivity contribution in [3.63, 3.8) is 0 Å². The molecule has 0 atom stereocenters. The molecule has 1 aromatic rings. The van der Waals surface area contributed by atoms with Crippen molar-refractivity contribution in [1.82, 2.24) is 0 Å². The van der Waals surface area contributed by atoms with Crippen LogP contribution in [0.2, 0.25) is 0 Å². The van der Waals surface area contributed by atoms with Crippen LogP contribution in [0.25, 0.3) is 0 Å². The van der Waals surface area contributed by atoms with Crippen molar-refractivity contribution in [1.29, 1.82) is 0 Å². The highest BCUT2D eigenvalue weighted by Gasteiger charge is 2.37. The molecular weight excluding hydrogens is 318 g/mol. The highest BCUT2D eigenvalue weighted by Crippen LogP contribution is 2.43. The Bertz CT molecular complexity index is 416. The predicted octanol–water partition coefficient (Wildman–Crippen LogP) is 5.38. The summed E-state index contributed by atoms with van der Waals surface area (Å²) in [5.74, 6) is 0.851. The van der Waals surface area contributed by atoms with Gasteiger partial charge in [-0.3, -0.25) is 0 Å². The van der Waals surface area contributed by atoms with Gasteiger partial charge in [-0.15, -0.1) is 11.3 Å². The topological polar surface area (TPSA) is 26.0 Å². The molecule has 1 fully saturated rings. The Morgan fingerprint density at radius 2 is 2.00 bits per heavy atom. The van der Waals surface area contributed by atoms with Gasteiger partial charge in [-0.1, -0.05) is 27.2 Å². The van der Waals surface area contributed by atoms with Gasteiger partial charge in [0.15, 0.2) is 0 Å². The molecule has 0 radical (unpaired) electrons. The van der Waals surface area contributed by atoms with Crippen LogP contribution < -0.4 is 5.73 Å². The molecule has 1 aliphatic carbocycles. The van der Waals surface area contributed by atoms with Crippen molar-refractivity contribution in [2.45, 2.75) is 64.8 Å². The Morgan fingerprint density at radius 1 is 1.37 bits per heavy atom. The number of hydrogen-bond donors (Lipinski definition) is 1. The molecule has 19 heavy (non-hydrogen) atoms. The average molecular weight is 344 g/mol. The van der Waals surface area contributed by atoms with Crippen molar-refractivity contribution < 1.29 is 0 Å².